The molecule has 0 radical (unpaired) electrons. The van der Waals surface area contributed by atoms with Gasteiger partial charge in [0.25, 0.3) is 0 Å². The third-order valence-corrected chi connectivity index (χ3v) is 4.67. The molecule has 3 rings (SSSR count). The zero-order valence-electron chi connectivity index (χ0n) is 10.8. The minimum absolute atomic E-state index is 0.640. The molecule has 2 atom stereocenters. The molecule has 3 heterocycles. The van der Waals surface area contributed by atoms with Gasteiger partial charge in [0.1, 0.15) is 5.15 Å². The van der Waals surface area contributed by atoms with E-state index in [4.69, 9.17) is 11.6 Å². The van der Waals surface area contributed by atoms with Crippen molar-refractivity contribution >= 4 is 11.6 Å². The number of fused-ring (bicyclic) bond motifs is 2. The molecular formula is C14H20ClN3. The quantitative estimate of drug-likeness (QED) is 0.851. The molecule has 2 aliphatic rings. The molecule has 3 nitrogen and oxygen atoms in total. The zero-order chi connectivity index (χ0) is 12.5. The third-order valence-electron chi connectivity index (χ3n) is 4.33. The third kappa shape index (κ3) is 2.53. The number of hydrogen-bond donors (Lipinski definition) is 1. The molecule has 2 unspecified atom stereocenters. The number of aromatic nitrogens is 1. The van der Waals surface area contributed by atoms with Gasteiger partial charge in [0.05, 0.1) is 0 Å². The highest BCUT2D eigenvalue weighted by atomic mass is 35.5. The Labute approximate surface area is 114 Å². The summed E-state index contributed by atoms with van der Waals surface area (Å²) in [4.78, 5) is 6.59. The fraction of sp³-hybridized carbons (Fsp3) is 0.643. The van der Waals surface area contributed by atoms with Crippen LogP contribution in [0.5, 0.6) is 0 Å². The van der Waals surface area contributed by atoms with E-state index in [0.717, 1.165) is 24.2 Å². The monoisotopic (exact) mass is 265 g/mol. The van der Waals surface area contributed by atoms with E-state index in [1.807, 2.05) is 6.07 Å². The number of hydrogen-bond acceptors (Lipinski definition) is 3. The number of nitrogens with one attached hydrogen (secondary N) is 1. The van der Waals surface area contributed by atoms with Crippen LogP contribution in [0.4, 0.5) is 0 Å². The van der Waals surface area contributed by atoms with Gasteiger partial charge in [-0.05, 0) is 38.8 Å². The molecule has 0 amide bonds. The minimum Gasteiger partial charge on any atom is -0.311 e. The molecule has 0 aromatic carbocycles. The first-order chi connectivity index (χ1) is 8.72. The normalized spacial score (nSPS) is 30.9. The SMILES string of the molecule is CN(Cc1cccnc1Cl)C1CC2CCC(C1)N2. The van der Waals surface area contributed by atoms with Crippen molar-refractivity contribution in [3.63, 3.8) is 0 Å². The second-order valence-corrected chi connectivity index (χ2v) is 5.99. The molecule has 4 heteroatoms. The molecule has 0 spiro atoms. The summed E-state index contributed by atoms with van der Waals surface area (Å²) >= 11 is 6.13. The molecule has 0 saturated carbocycles. The van der Waals surface area contributed by atoms with Crippen molar-refractivity contribution in [2.24, 2.45) is 0 Å². The molecule has 1 aromatic rings. The van der Waals surface area contributed by atoms with E-state index in [-0.39, 0.29) is 0 Å². The van der Waals surface area contributed by atoms with Gasteiger partial charge >= 0.3 is 0 Å². The Morgan fingerprint density at radius 2 is 2.11 bits per heavy atom. The van der Waals surface area contributed by atoms with Crippen LogP contribution in [0, 0.1) is 0 Å². The topological polar surface area (TPSA) is 28.2 Å². The molecule has 1 N–H and O–H groups in total. The van der Waals surface area contributed by atoms with Gasteiger partial charge in [-0.1, -0.05) is 17.7 Å². The Hall–Kier alpha value is -0.640. The van der Waals surface area contributed by atoms with Crippen LogP contribution in [0.3, 0.4) is 0 Å². The molecule has 2 aliphatic heterocycles. The summed E-state index contributed by atoms with van der Waals surface area (Å²) in [6, 6.07) is 6.18. The molecular weight excluding hydrogens is 246 g/mol. The van der Waals surface area contributed by atoms with Gasteiger partial charge in [0.2, 0.25) is 0 Å². The molecule has 2 bridgehead atoms. The first-order valence-electron chi connectivity index (χ1n) is 6.78. The summed E-state index contributed by atoms with van der Waals surface area (Å²) in [6.07, 6.45) is 6.98. The van der Waals surface area contributed by atoms with Crippen molar-refractivity contribution in [2.75, 3.05) is 7.05 Å². The lowest BCUT2D eigenvalue weighted by Crippen LogP contribution is -2.46. The van der Waals surface area contributed by atoms with Gasteiger partial charge in [-0.3, -0.25) is 4.90 Å². The number of nitrogens with zero attached hydrogens (tertiary/aromatic N) is 2. The van der Waals surface area contributed by atoms with Crippen molar-refractivity contribution in [3.05, 3.63) is 29.0 Å². The summed E-state index contributed by atoms with van der Waals surface area (Å²) in [5.41, 5.74) is 1.13. The zero-order valence-corrected chi connectivity index (χ0v) is 11.5. The molecule has 98 valence electrons. The van der Waals surface area contributed by atoms with E-state index < -0.39 is 0 Å². The van der Waals surface area contributed by atoms with Gasteiger partial charge in [-0.2, -0.15) is 0 Å². The van der Waals surface area contributed by atoms with E-state index in [0.29, 0.717) is 11.2 Å². The van der Waals surface area contributed by atoms with Crippen molar-refractivity contribution in [1.82, 2.24) is 15.2 Å². The van der Waals surface area contributed by atoms with E-state index in [1.165, 1.54) is 25.7 Å². The Bertz CT molecular complexity index is 411. The maximum atomic E-state index is 6.13. The van der Waals surface area contributed by atoms with Crippen LogP contribution in [-0.4, -0.2) is 35.1 Å². The second kappa shape index (κ2) is 5.16. The summed E-state index contributed by atoms with van der Waals surface area (Å²) in [5, 5.41) is 4.33. The van der Waals surface area contributed by atoms with Crippen LogP contribution in [0.2, 0.25) is 5.15 Å². The highest BCUT2D eigenvalue weighted by Gasteiger charge is 2.35. The maximum Gasteiger partial charge on any atom is 0.133 e. The van der Waals surface area contributed by atoms with E-state index in [1.54, 1.807) is 6.20 Å². The Balaban J connectivity index is 1.65. The van der Waals surface area contributed by atoms with Crippen LogP contribution in [0.25, 0.3) is 0 Å². The number of halogens is 1. The average molecular weight is 266 g/mol. The first kappa shape index (κ1) is 12.4. The van der Waals surface area contributed by atoms with Gasteiger partial charge in [-0.15, -0.1) is 0 Å². The Morgan fingerprint density at radius 1 is 1.39 bits per heavy atom. The number of rotatable bonds is 3. The highest BCUT2D eigenvalue weighted by Crippen LogP contribution is 2.30. The predicted octanol–water partition coefficient (Wildman–Crippen LogP) is 2.45. The second-order valence-electron chi connectivity index (χ2n) is 5.63. The number of pyridine rings is 1. The van der Waals surface area contributed by atoms with Crippen LogP contribution in [0.1, 0.15) is 31.2 Å². The van der Waals surface area contributed by atoms with Crippen LogP contribution >= 0.6 is 11.6 Å². The first-order valence-corrected chi connectivity index (χ1v) is 7.16. The van der Waals surface area contributed by atoms with Gasteiger partial charge in [0.15, 0.2) is 0 Å². The van der Waals surface area contributed by atoms with Gasteiger partial charge in [0, 0.05) is 36.4 Å². The van der Waals surface area contributed by atoms with Crippen molar-refractivity contribution < 1.29 is 0 Å². The minimum atomic E-state index is 0.640. The lowest BCUT2D eigenvalue weighted by atomic mass is 9.98. The fourth-order valence-electron chi connectivity index (χ4n) is 3.32. The Kier molecular flexibility index (Phi) is 3.55. The van der Waals surface area contributed by atoms with Crippen LogP contribution in [-0.2, 0) is 6.54 Å². The van der Waals surface area contributed by atoms with Gasteiger partial charge in [-0.25, -0.2) is 4.98 Å². The summed E-state index contributed by atoms with van der Waals surface area (Å²) in [5.74, 6) is 0. The van der Waals surface area contributed by atoms with Crippen molar-refractivity contribution in [2.45, 2.75) is 50.4 Å². The van der Waals surface area contributed by atoms with E-state index >= 15 is 0 Å². The molecule has 2 fully saturated rings. The highest BCUT2D eigenvalue weighted by molar-refractivity contribution is 6.30. The Morgan fingerprint density at radius 3 is 2.78 bits per heavy atom. The molecule has 0 aliphatic carbocycles. The molecule has 2 saturated heterocycles. The lowest BCUT2D eigenvalue weighted by Gasteiger charge is -2.35. The fourth-order valence-corrected chi connectivity index (χ4v) is 3.50. The van der Waals surface area contributed by atoms with Crippen LogP contribution < -0.4 is 5.32 Å². The van der Waals surface area contributed by atoms with E-state index in [2.05, 4.69) is 28.3 Å². The van der Waals surface area contributed by atoms with Crippen molar-refractivity contribution in [3.8, 4) is 0 Å². The summed E-state index contributed by atoms with van der Waals surface area (Å²) in [6.45, 7) is 0.900. The predicted molar refractivity (Wildman–Crippen MR) is 73.7 cm³/mol. The van der Waals surface area contributed by atoms with E-state index in [9.17, 15) is 0 Å². The van der Waals surface area contributed by atoms with Gasteiger partial charge < -0.3 is 5.32 Å². The molecule has 1 aromatic heterocycles. The summed E-state index contributed by atoms with van der Waals surface area (Å²) < 4.78 is 0. The number of piperidine rings is 1. The largest absolute Gasteiger partial charge is 0.311 e. The molecule has 18 heavy (non-hydrogen) atoms. The standard InChI is InChI=1S/C14H20ClN3/c1-18(9-10-3-2-6-16-14(10)15)13-7-11-4-5-12(8-13)17-11/h2-3,6,11-13,17H,4-5,7-9H2,1H3. The van der Waals surface area contributed by atoms with Crippen LogP contribution in [0.15, 0.2) is 18.3 Å². The lowest BCUT2D eigenvalue weighted by molar-refractivity contribution is 0.166. The van der Waals surface area contributed by atoms with Crippen molar-refractivity contribution in [1.29, 1.82) is 0 Å². The maximum absolute atomic E-state index is 6.13. The summed E-state index contributed by atoms with van der Waals surface area (Å²) in [7, 11) is 2.21. The smallest absolute Gasteiger partial charge is 0.133 e. The average Bonchev–Trinajstić information content (AvgIpc) is 2.71.